The van der Waals surface area contributed by atoms with Crippen molar-refractivity contribution in [1.82, 2.24) is 0 Å². The van der Waals surface area contributed by atoms with Crippen molar-refractivity contribution in [2.45, 2.75) is 13.5 Å². The SMILES string of the molecule is COc1cc(C)c(C[NH+](C)CN2C(=O)c3cccc4cccc2c34)cc1OC. The van der Waals surface area contributed by atoms with Gasteiger partial charge in [0.05, 0.1) is 32.5 Å². The molecular formula is C23H25N2O3+. The van der Waals surface area contributed by atoms with Crippen molar-refractivity contribution in [2.24, 2.45) is 0 Å². The molecule has 0 aliphatic carbocycles. The van der Waals surface area contributed by atoms with E-state index in [1.165, 1.54) is 10.5 Å². The number of aryl methyl sites for hydroxylation is 1. The van der Waals surface area contributed by atoms with Crippen molar-refractivity contribution in [3.8, 4) is 11.5 Å². The first-order valence-corrected chi connectivity index (χ1v) is 9.40. The molecule has 1 aliphatic heterocycles. The maximum absolute atomic E-state index is 13.0. The number of carbonyl (C=O) groups is 1. The van der Waals surface area contributed by atoms with Gasteiger partial charge in [0.1, 0.15) is 6.54 Å². The lowest BCUT2D eigenvalue weighted by molar-refractivity contribution is -0.892. The number of benzene rings is 3. The van der Waals surface area contributed by atoms with E-state index < -0.39 is 0 Å². The van der Waals surface area contributed by atoms with Gasteiger partial charge < -0.3 is 14.4 Å². The van der Waals surface area contributed by atoms with Gasteiger partial charge in [-0.05, 0) is 42.1 Å². The number of rotatable bonds is 6. The quantitative estimate of drug-likeness (QED) is 0.718. The first-order chi connectivity index (χ1) is 13.5. The molecule has 1 unspecified atom stereocenters. The molecule has 1 amide bonds. The van der Waals surface area contributed by atoms with Crippen molar-refractivity contribution in [2.75, 3.05) is 32.8 Å². The van der Waals surface area contributed by atoms with Crippen molar-refractivity contribution in [3.63, 3.8) is 0 Å². The molecule has 1 N–H and O–H groups in total. The number of carbonyl (C=O) groups excluding carboxylic acids is 1. The monoisotopic (exact) mass is 377 g/mol. The number of amides is 1. The van der Waals surface area contributed by atoms with Crippen LogP contribution >= 0.6 is 0 Å². The smallest absolute Gasteiger partial charge is 0.263 e. The molecule has 5 nitrogen and oxygen atoms in total. The van der Waals surface area contributed by atoms with E-state index in [1.54, 1.807) is 14.2 Å². The van der Waals surface area contributed by atoms with E-state index >= 15 is 0 Å². The van der Waals surface area contributed by atoms with Crippen molar-refractivity contribution in [1.29, 1.82) is 0 Å². The van der Waals surface area contributed by atoms with Crippen molar-refractivity contribution < 1.29 is 19.2 Å². The zero-order chi connectivity index (χ0) is 19.8. The van der Waals surface area contributed by atoms with E-state index in [0.29, 0.717) is 6.67 Å². The third kappa shape index (κ3) is 2.98. The van der Waals surface area contributed by atoms with Crippen molar-refractivity contribution >= 4 is 22.4 Å². The summed E-state index contributed by atoms with van der Waals surface area (Å²) in [7, 11) is 5.40. The van der Waals surface area contributed by atoms with Gasteiger partial charge >= 0.3 is 0 Å². The summed E-state index contributed by atoms with van der Waals surface area (Å²) in [5.74, 6) is 1.54. The van der Waals surface area contributed by atoms with Gasteiger partial charge in [0.25, 0.3) is 5.91 Å². The summed E-state index contributed by atoms with van der Waals surface area (Å²) in [5, 5.41) is 2.17. The zero-order valence-corrected chi connectivity index (χ0v) is 16.7. The normalized spacial score (nSPS) is 13.9. The van der Waals surface area contributed by atoms with Gasteiger partial charge in [-0.3, -0.25) is 9.69 Å². The van der Waals surface area contributed by atoms with E-state index in [0.717, 1.165) is 45.6 Å². The minimum atomic E-state index is 0.0789. The molecule has 3 aromatic rings. The Kier molecular flexibility index (Phi) is 4.69. The molecule has 28 heavy (non-hydrogen) atoms. The van der Waals surface area contributed by atoms with Crippen LogP contribution in [0.2, 0.25) is 0 Å². The van der Waals surface area contributed by atoms with Crippen LogP contribution in [-0.2, 0) is 6.54 Å². The fraction of sp³-hybridized carbons (Fsp3) is 0.261. The Labute approximate surface area is 165 Å². The molecule has 4 rings (SSSR count). The lowest BCUT2D eigenvalue weighted by Crippen LogP contribution is -3.09. The molecule has 1 heterocycles. The van der Waals surface area contributed by atoms with Gasteiger partial charge in [0.2, 0.25) is 0 Å². The molecule has 0 fully saturated rings. The predicted molar refractivity (Wildman–Crippen MR) is 110 cm³/mol. The average Bonchev–Trinajstić information content (AvgIpc) is 2.97. The number of nitrogens with zero attached hydrogens (tertiary/aromatic N) is 1. The number of methoxy groups -OCH3 is 2. The molecule has 5 heteroatoms. The van der Waals surface area contributed by atoms with E-state index in [9.17, 15) is 4.79 Å². The van der Waals surface area contributed by atoms with E-state index in [4.69, 9.17) is 9.47 Å². The minimum absolute atomic E-state index is 0.0789. The third-order valence-electron chi connectivity index (χ3n) is 5.41. The van der Waals surface area contributed by atoms with Gasteiger partial charge in [0, 0.05) is 10.9 Å². The Morgan fingerprint density at radius 2 is 1.68 bits per heavy atom. The van der Waals surface area contributed by atoms with E-state index in [2.05, 4.69) is 26.1 Å². The van der Waals surface area contributed by atoms with Crippen LogP contribution in [0.4, 0.5) is 5.69 Å². The second-order valence-electron chi connectivity index (χ2n) is 7.34. The Morgan fingerprint density at radius 3 is 2.39 bits per heavy atom. The fourth-order valence-electron chi connectivity index (χ4n) is 4.00. The topological polar surface area (TPSA) is 43.2 Å². The average molecular weight is 377 g/mol. The summed E-state index contributed by atoms with van der Waals surface area (Å²) in [6.07, 6.45) is 0. The van der Waals surface area contributed by atoms with Crippen LogP contribution in [0.3, 0.4) is 0 Å². The van der Waals surface area contributed by atoms with Gasteiger partial charge in [-0.2, -0.15) is 0 Å². The van der Waals surface area contributed by atoms with E-state index in [-0.39, 0.29) is 5.91 Å². The van der Waals surface area contributed by atoms with Crippen LogP contribution in [0.25, 0.3) is 10.8 Å². The van der Waals surface area contributed by atoms with Crippen LogP contribution in [0, 0.1) is 6.92 Å². The number of ether oxygens (including phenoxy) is 2. The minimum Gasteiger partial charge on any atom is -0.493 e. The second kappa shape index (κ2) is 7.17. The summed E-state index contributed by atoms with van der Waals surface area (Å²) < 4.78 is 10.8. The lowest BCUT2D eigenvalue weighted by Gasteiger charge is -2.23. The van der Waals surface area contributed by atoms with Crippen LogP contribution in [-0.4, -0.2) is 33.8 Å². The molecule has 0 saturated carbocycles. The van der Waals surface area contributed by atoms with Gasteiger partial charge in [-0.1, -0.05) is 24.3 Å². The molecular weight excluding hydrogens is 352 g/mol. The van der Waals surface area contributed by atoms with Crippen LogP contribution < -0.4 is 19.3 Å². The fourth-order valence-corrected chi connectivity index (χ4v) is 4.00. The second-order valence-corrected chi connectivity index (χ2v) is 7.34. The Bertz CT molecular complexity index is 1060. The molecule has 144 valence electrons. The Hall–Kier alpha value is -3.05. The van der Waals surface area contributed by atoms with Gasteiger partial charge in [-0.25, -0.2) is 0 Å². The number of hydrogen-bond acceptors (Lipinski definition) is 3. The first-order valence-electron chi connectivity index (χ1n) is 9.40. The standard InChI is InChI=1S/C23H24N2O3/c1-15-11-20(27-3)21(28-4)12-17(15)13-24(2)14-25-19-10-6-8-16-7-5-9-18(22(16)19)23(25)26/h5-12H,13-14H2,1-4H3/p+1. The summed E-state index contributed by atoms with van der Waals surface area (Å²) in [5.41, 5.74) is 4.12. The molecule has 1 atom stereocenters. The molecule has 0 spiro atoms. The number of hydrogen-bond donors (Lipinski definition) is 1. The van der Waals surface area contributed by atoms with Crippen molar-refractivity contribution in [3.05, 3.63) is 65.2 Å². The molecule has 0 bridgehead atoms. The number of anilines is 1. The molecule has 0 radical (unpaired) electrons. The first kappa shape index (κ1) is 18.3. The van der Waals surface area contributed by atoms with Crippen LogP contribution in [0.5, 0.6) is 11.5 Å². The Balaban J connectivity index is 1.58. The summed E-state index contributed by atoms with van der Waals surface area (Å²) in [6, 6.07) is 16.1. The third-order valence-corrected chi connectivity index (χ3v) is 5.41. The molecule has 0 aromatic heterocycles. The number of nitrogens with one attached hydrogen (secondary N) is 1. The number of quaternary nitrogens is 1. The van der Waals surface area contributed by atoms with Gasteiger partial charge in [-0.15, -0.1) is 0 Å². The highest BCUT2D eigenvalue weighted by molar-refractivity contribution is 6.24. The largest absolute Gasteiger partial charge is 0.493 e. The lowest BCUT2D eigenvalue weighted by atomic mass is 10.1. The Morgan fingerprint density at radius 1 is 1.00 bits per heavy atom. The van der Waals surface area contributed by atoms with Gasteiger partial charge in [0.15, 0.2) is 18.2 Å². The summed E-state index contributed by atoms with van der Waals surface area (Å²) >= 11 is 0. The predicted octanol–water partition coefficient (Wildman–Crippen LogP) is 2.80. The maximum Gasteiger partial charge on any atom is 0.263 e. The maximum atomic E-state index is 13.0. The van der Waals surface area contributed by atoms with Crippen LogP contribution in [0.15, 0.2) is 48.5 Å². The van der Waals surface area contributed by atoms with E-state index in [1.807, 2.05) is 41.3 Å². The van der Waals surface area contributed by atoms with Crippen LogP contribution in [0.1, 0.15) is 21.5 Å². The highest BCUT2D eigenvalue weighted by atomic mass is 16.5. The highest BCUT2D eigenvalue weighted by Gasteiger charge is 2.31. The molecule has 3 aromatic carbocycles. The zero-order valence-electron chi connectivity index (χ0n) is 16.7. The molecule has 1 aliphatic rings. The summed E-state index contributed by atoms with van der Waals surface area (Å²) in [4.78, 5) is 16.1. The molecule has 0 saturated heterocycles. The highest BCUT2D eigenvalue weighted by Crippen LogP contribution is 2.36. The summed E-state index contributed by atoms with van der Waals surface area (Å²) in [6.45, 7) is 3.45.